The molecule has 5 aromatic rings. The zero-order chi connectivity index (χ0) is 25.4. The first-order chi connectivity index (χ1) is 18.1. The van der Waals surface area contributed by atoms with Crippen LogP contribution in [0, 0.1) is 5.92 Å². The van der Waals surface area contributed by atoms with Gasteiger partial charge >= 0.3 is 0 Å². The van der Waals surface area contributed by atoms with Crippen molar-refractivity contribution in [3.63, 3.8) is 0 Å². The van der Waals surface area contributed by atoms with Gasteiger partial charge in [-0.2, -0.15) is 5.10 Å². The number of ether oxygens (including phenoxy) is 1. The van der Waals surface area contributed by atoms with Crippen LogP contribution in [0.5, 0.6) is 11.6 Å². The second-order valence-corrected chi connectivity index (χ2v) is 9.38. The molecule has 9 heteroatoms. The monoisotopic (exact) mass is 493 g/mol. The molecular formula is C28H27N7O2. The lowest BCUT2D eigenvalue weighted by Gasteiger charge is -2.26. The molecule has 0 aliphatic heterocycles. The molecule has 1 aliphatic carbocycles. The van der Waals surface area contributed by atoms with Gasteiger partial charge in [-0.05, 0) is 49.9 Å². The smallest absolute Gasteiger partial charge is 0.222 e. The van der Waals surface area contributed by atoms with Crippen molar-refractivity contribution in [2.45, 2.75) is 31.6 Å². The number of rotatable bonds is 5. The summed E-state index contributed by atoms with van der Waals surface area (Å²) in [7, 11) is 1.69. The van der Waals surface area contributed by atoms with E-state index in [1.54, 1.807) is 17.9 Å². The van der Waals surface area contributed by atoms with Crippen LogP contribution in [0.2, 0.25) is 0 Å². The van der Waals surface area contributed by atoms with Crippen molar-refractivity contribution in [1.82, 2.24) is 29.9 Å². The molecule has 9 nitrogen and oxygen atoms in total. The van der Waals surface area contributed by atoms with E-state index in [1.165, 1.54) is 0 Å². The van der Waals surface area contributed by atoms with E-state index < -0.39 is 0 Å². The van der Waals surface area contributed by atoms with Gasteiger partial charge in [0.15, 0.2) is 11.6 Å². The third kappa shape index (κ3) is 4.44. The number of fused-ring (bicyclic) bond motifs is 2. The Balaban J connectivity index is 1.29. The predicted molar refractivity (Wildman–Crippen MR) is 141 cm³/mol. The highest BCUT2D eigenvalue weighted by molar-refractivity contribution is 5.90. The van der Waals surface area contributed by atoms with E-state index in [0.717, 1.165) is 47.9 Å². The van der Waals surface area contributed by atoms with Crippen LogP contribution in [0.25, 0.3) is 27.7 Å². The zero-order valence-corrected chi connectivity index (χ0v) is 20.5. The van der Waals surface area contributed by atoms with Gasteiger partial charge < -0.3 is 15.8 Å². The summed E-state index contributed by atoms with van der Waals surface area (Å²) in [5.41, 5.74) is 9.48. The second-order valence-electron chi connectivity index (χ2n) is 9.38. The number of para-hydroxylation sites is 1. The third-order valence-electron chi connectivity index (χ3n) is 7.05. The molecule has 3 N–H and O–H groups in total. The van der Waals surface area contributed by atoms with Gasteiger partial charge in [0.1, 0.15) is 23.3 Å². The molecule has 2 aromatic carbocycles. The van der Waals surface area contributed by atoms with Crippen molar-refractivity contribution in [3.8, 4) is 22.9 Å². The fourth-order valence-corrected chi connectivity index (χ4v) is 5.08. The van der Waals surface area contributed by atoms with Crippen molar-refractivity contribution < 1.29 is 9.53 Å². The Morgan fingerprint density at radius 2 is 1.81 bits per heavy atom. The molecule has 0 spiro atoms. The summed E-state index contributed by atoms with van der Waals surface area (Å²) in [5, 5.41) is 8.49. The molecule has 0 saturated heterocycles. The first-order valence-electron chi connectivity index (χ1n) is 12.5. The fourth-order valence-electron chi connectivity index (χ4n) is 5.08. The third-order valence-corrected chi connectivity index (χ3v) is 7.05. The van der Waals surface area contributed by atoms with Crippen molar-refractivity contribution >= 4 is 28.1 Å². The average Bonchev–Trinajstić information content (AvgIpc) is 3.38. The van der Waals surface area contributed by atoms with Crippen LogP contribution in [0.1, 0.15) is 37.4 Å². The Morgan fingerprint density at radius 3 is 2.59 bits per heavy atom. The number of benzene rings is 2. The summed E-state index contributed by atoms with van der Waals surface area (Å²) in [6, 6.07) is 19.4. The van der Waals surface area contributed by atoms with Gasteiger partial charge in [0.05, 0.1) is 5.52 Å². The van der Waals surface area contributed by atoms with Crippen LogP contribution in [-0.2, 0) is 4.79 Å². The highest BCUT2D eigenvalue weighted by Gasteiger charge is 2.29. The van der Waals surface area contributed by atoms with Crippen LogP contribution >= 0.6 is 0 Å². The molecule has 3 aromatic heterocycles. The van der Waals surface area contributed by atoms with Crippen molar-refractivity contribution in [2.24, 2.45) is 5.92 Å². The van der Waals surface area contributed by atoms with E-state index in [1.807, 2.05) is 60.7 Å². The maximum atomic E-state index is 12.0. The minimum absolute atomic E-state index is 0.0577. The topological polar surface area (TPSA) is 120 Å². The lowest BCUT2D eigenvalue weighted by Crippen LogP contribution is -2.30. The van der Waals surface area contributed by atoms with Crippen LogP contribution in [0.4, 0.5) is 5.82 Å². The molecule has 3 heterocycles. The molecule has 0 unspecified atom stereocenters. The molecule has 0 radical (unpaired) electrons. The quantitative estimate of drug-likeness (QED) is 0.363. The number of nitrogens with zero attached hydrogens (tertiary/aromatic N) is 5. The lowest BCUT2D eigenvalue weighted by molar-refractivity contribution is -0.125. The van der Waals surface area contributed by atoms with E-state index in [0.29, 0.717) is 28.7 Å². The summed E-state index contributed by atoms with van der Waals surface area (Å²) in [6.07, 6.45) is 5.03. The number of aromatic nitrogens is 5. The molecule has 0 atom stereocenters. The van der Waals surface area contributed by atoms with Gasteiger partial charge in [-0.25, -0.2) is 19.5 Å². The van der Waals surface area contributed by atoms with Gasteiger partial charge in [-0.3, -0.25) is 4.79 Å². The Kier molecular flexibility index (Phi) is 5.88. The molecule has 1 amide bonds. The fraction of sp³-hybridized carbons (Fsp3) is 0.250. The van der Waals surface area contributed by atoms with Crippen molar-refractivity contribution in [2.75, 3.05) is 12.8 Å². The molecule has 6 rings (SSSR count). The number of anilines is 1. The van der Waals surface area contributed by atoms with Gasteiger partial charge in [0, 0.05) is 35.9 Å². The summed E-state index contributed by atoms with van der Waals surface area (Å²) in [5.74, 6) is 2.68. The predicted octanol–water partition coefficient (Wildman–Crippen LogP) is 4.73. The van der Waals surface area contributed by atoms with Crippen LogP contribution < -0.4 is 15.8 Å². The molecule has 1 aliphatic rings. The Hall–Kier alpha value is -4.53. The van der Waals surface area contributed by atoms with Gasteiger partial charge in [-0.1, -0.05) is 30.3 Å². The Morgan fingerprint density at radius 1 is 1.03 bits per heavy atom. The molecule has 0 bridgehead atoms. The maximum absolute atomic E-state index is 12.0. The average molecular weight is 494 g/mol. The van der Waals surface area contributed by atoms with E-state index in [-0.39, 0.29) is 17.7 Å². The number of nitrogens with one attached hydrogen (secondary N) is 1. The molecule has 1 fully saturated rings. The second kappa shape index (κ2) is 9.50. The minimum Gasteiger partial charge on any atom is -0.439 e. The summed E-state index contributed by atoms with van der Waals surface area (Å²) in [6.45, 7) is 0. The maximum Gasteiger partial charge on any atom is 0.222 e. The van der Waals surface area contributed by atoms with Crippen molar-refractivity contribution in [3.05, 3.63) is 72.8 Å². The van der Waals surface area contributed by atoms with Crippen LogP contribution in [0.3, 0.4) is 0 Å². The number of carbonyl (C=O) groups excluding carboxylic acids is 1. The molecule has 1 saturated carbocycles. The number of carbonyl (C=O) groups is 1. The lowest BCUT2D eigenvalue weighted by atomic mass is 9.81. The number of hydrogen-bond acceptors (Lipinski definition) is 7. The van der Waals surface area contributed by atoms with Crippen LogP contribution in [0.15, 0.2) is 67.0 Å². The highest BCUT2D eigenvalue weighted by atomic mass is 16.5. The minimum atomic E-state index is 0.0577. The normalized spacial score (nSPS) is 17.6. The first-order valence-corrected chi connectivity index (χ1v) is 12.5. The Bertz CT molecular complexity index is 1590. The highest BCUT2D eigenvalue weighted by Crippen LogP contribution is 2.36. The standard InChI is InChI=1S/C28H27N7O2/c1-30-28(36)19-10-8-18(9-11-19)27-33-26(29)25-24(31-16-35(25)34-27)20-12-7-17-13-14-23(32-22(17)15-20)37-21-5-3-2-4-6-21/h2-7,12-16,18-19H,8-11H2,1H3,(H,30,36)(H2,29,33,34). The molecule has 186 valence electrons. The number of imidazole rings is 1. The SMILES string of the molecule is CNC(=O)C1CCC(c2nc(N)c3c(-c4ccc5ccc(Oc6ccccc6)nc5c4)ncn3n2)CC1. The van der Waals surface area contributed by atoms with E-state index in [9.17, 15) is 4.79 Å². The largest absolute Gasteiger partial charge is 0.439 e. The summed E-state index contributed by atoms with van der Waals surface area (Å²) in [4.78, 5) is 26.0. The number of amides is 1. The number of nitrogens with two attached hydrogens (primary N) is 1. The zero-order valence-electron chi connectivity index (χ0n) is 20.5. The summed E-state index contributed by atoms with van der Waals surface area (Å²) < 4.78 is 7.62. The number of pyridine rings is 1. The molecular weight excluding hydrogens is 466 g/mol. The van der Waals surface area contributed by atoms with Gasteiger partial charge in [0.2, 0.25) is 11.8 Å². The van der Waals surface area contributed by atoms with Crippen molar-refractivity contribution in [1.29, 1.82) is 0 Å². The molecule has 37 heavy (non-hydrogen) atoms. The van der Waals surface area contributed by atoms with E-state index in [2.05, 4.69) is 15.3 Å². The first kappa shape index (κ1) is 22.9. The number of hydrogen-bond donors (Lipinski definition) is 2. The van der Waals surface area contributed by atoms with E-state index in [4.69, 9.17) is 20.6 Å². The number of nitrogen functional groups attached to an aromatic ring is 1. The van der Waals surface area contributed by atoms with Crippen LogP contribution in [-0.4, -0.2) is 37.5 Å². The van der Waals surface area contributed by atoms with Gasteiger partial charge in [0.25, 0.3) is 0 Å². The van der Waals surface area contributed by atoms with E-state index >= 15 is 0 Å². The Labute approximate surface area is 213 Å². The summed E-state index contributed by atoms with van der Waals surface area (Å²) >= 11 is 0. The van der Waals surface area contributed by atoms with Gasteiger partial charge in [-0.15, -0.1) is 0 Å².